The number of methoxy groups -OCH3 is 1. The van der Waals surface area contributed by atoms with Crippen molar-refractivity contribution >= 4 is 23.4 Å². The maximum absolute atomic E-state index is 12.7. The molecule has 8 heteroatoms. The molecule has 1 atom stereocenters. The van der Waals surface area contributed by atoms with Gasteiger partial charge in [-0.15, -0.1) is 5.10 Å². The lowest BCUT2D eigenvalue weighted by Crippen LogP contribution is -2.23. The summed E-state index contributed by atoms with van der Waals surface area (Å²) in [5.41, 5.74) is 4.90. The average Bonchev–Trinajstić information content (AvgIpc) is 3.12. The van der Waals surface area contributed by atoms with Gasteiger partial charge in [-0.25, -0.2) is 0 Å². The zero-order valence-corrected chi connectivity index (χ0v) is 17.4. The van der Waals surface area contributed by atoms with E-state index in [1.807, 2.05) is 57.2 Å². The van der Waals surface area contributed by atoms with Crippen LogP contribution in [0.5, 0.6) is 5.75 Å². The first-order chi connectivity index (χ1) is 13.4. The van der Waals surface area contributed by atoms with E-state index in [0.717, 1.165) is 16.8 Å². The number of hydrogen-bond donors (Lipinski definition) is 1. The van der Waals surface area contributed by atoms with Crippen LogP contribution < -0.4 is 10.1 Å². The molecule has 0 aliphatic carbocycles. The molecule has 1 amide bonds. The van der Waals surface area contributed by atoms with Crippen molar-refractivity contribution in [2.24, 2.45) is 0 Å². The van der Waals surface area contributed by atoms with Crippen LogP contribution >= 0.6 is 11.8 Å². The van der Waals surface area contributed by atoms with E-state index in [9.17, 15) is 4.79 Å². The van der Waals surface area contributed by atoms with Crippen molar-refractivity contribution in [3.8, 4) is 11.4 Å². The van der Waals surface area contributed by atoms with Crippen molar-refractivity contribution < 1.29 is 9.53 Å². The molecule has 1 heterocycles. The lowest BCUT2D eigenvalue weighted by Gasteiger charge is -2.14. The zero-order valence-electron chi connectivity index (χ0n) is 16.6. The van der Waals surface area contributed by atoms with Gasteiger partial charge >= 0.3 is 0 Å². The standard InChI is InChI=1S/C20H23N5O2S/c1-12-6-9-18(27-5)17(10-12)21-19(26)15(4)28-20-22-23-24-25(20)16-8-7-13(2)14(3)11-16/h6-11,15H,1-5H3,(H,21,26)/t15-/m1/s1. The van der Waals surface area contributed by atoms with E-state index in [1.54, 1.807) is 11.8 Å². The largest absolute Gasteiger partial charge is 0.495 e. The predicted octanol–water partition coefficient (Wildman–Crippen LogP) is 3.72. The van der Waals surface area contributed by atoms with Gasteiger partial charge in [-0.05, 0) is 79.1 Å². The molecule has 0 aliphatic heterocycles. The highest BCUT2D eigenvalue weighted by Crippen LogP contribution is 2.28. The summed E-state index contributed by atoms with van der Waals surface area (Å²) in [5, 5.41) is 15.0. The van der Waals surface area contributed by atoms with Gasteiger partial charge in [0.2, 0.25) is 11.1 Å². The number of ether oxygens (including phenoxy) is 1. The minimum Gasteiger partial charge on any atom is -0.495 e. The Kier molecular flexibility index (Phi) is 5.99. The molecule has 28 heavy (non-hydrogen) atoms. The van der Waals surface area contributed by atoms with Crippen molar-refractivity contribution in [3.63, 3.8) is 0 Å². The van der Waals surface area contributed by atoms with Crippen LogP contribution in [0.15, 0.2) is 41.6 Å². The van der Waals surface area contributed by atoms with E-state index in [-0.39, 0.29) is 5.91 Å². The molecule has 0 saturated heterocycles. The predicted molar refractivity (Wildman–Crippen MR) is 110 cm³/mol. The number of benzene rings is 2. The molecular weight excluding hydrogens is 374 g/mol. The van der Waals surface area contributed by atoms with Gasteiger partial charge in [0.25, 0.3) is 0 Å². The number of nitrogens with one attached hydrogen (secondary N) is 1. The number of anilines is 1. The normalized spacial score (nSPS) is 11.9. The number of rotatable bonds is 6. The summed E-state index contributed by atoms with van der Waals surface area (Å²) in [6, 6.07) is 11.7. The first kappa shape index (κ1) is 19.9. The molecule has 0 aliphatic rings. The van der Waals surface area contributed by atoms with Gasteiger partial charge in [0, 0.05) is 0 Å². The summed E-state index contributed by atoms with van der Waals surface area (Å²) >= 11 is 1.30. The molecule has 7 nitrogen and oxygen atoms in total. The van der Waals surface area contributed by atoms with E-state index in [0.29, 0.717) is 16.6 Å². The third kappa shape index (κ3) is 4.33. The van der Waals surface area contributed by atoms with Crippen LogP contribution in [-0.2, 0) is 4.79 Å². The summed E-state index contributed by atoms with van der Waals surface area (Å²) in [6.45, 7) is 7.88. The minimum absolute atomic E-state index is 0.150. The summed E-state index contributed by atoms with van der Waals surface area (Å²) in [7, 11) is 1.58. The second-order valence-electron chi connectivity index (χ2n) is 6.59. The minimum atomic E-state index is -0.401. The number of carbonyl (C=O) groups excluding carboxylic acids is 1. The molecule has 3 aromatic rings. The van der Waals surface area contributed by atoms with Crippen molar-refractivity contribution in [1.29, 1.82) is 0 Å². The molecule has 1 aromatic heterocycles. The maximum Gasteiger partial charge on any atom is 0.237 e. The number of thioether (sulfide) groups is 1. The number of aryl methyl sites for hydroxylation is 3. The topological polar surface area (TPSA) is 81.9 Å². The lowest BCUT2D eigenvalue weighted by molar-refractivity contribution is -0.115. The summed E-state index contributed by atoms with van der Waals surface area (Å²) in [5.74, 6) is 0.472. The van der Waals surface area contributed by atoms with Crippen molar-refractivity contribution in [3.05, 3.63) is 53.1 Å². The van der Waals surface area contributed by atoms with Gasteiger partial charge in [-0.1, -0.05) is 23.9 Å². The number of hydrogen-bond acceptors (Lipinski definition) is 6. The highest BCUT2D eigenvalue weighted by Gasteiger charge is 2.20. The molecule has 146 valence electrons. The SMILES string of the molecule is COc1ccc(C)cc1NC(=O)[C@@H](C)Sc1nnnn1-c1ccc(C)c(C)c1. The molecule has 0 fully saturated rings. The van der Waals surface area contributed by atoms with Gasteiger partial charge < -0.3 is 10.1 Å². The van der Waals surface area contributed by atoms with Crippen molar-refractivity contribution in [2.75, 3.05) is 12.4 Å². The smallest absolute Gasteiger partial charge is 0.237 e. The molecule has 0 saturated carbocycles. The third-order valence-corrected chi connectivity index (χ3v) is 5.47. The molecule has 0 spiro atoms. The van der Waals surface area contributed by atoms with Crippen LogP contribution in [0.2, 0.25) is 0 Å². The zero-order chi connectivity index (χ0) is 20.3. The van der Waals surface area contributed by atoms with Gasteiger partial charge in [0.05, 0.1) is 23.7 Å². The van der Waals surface area contributed by atoms with Crippen LogP contribution in [0, 0.1) is 20.8 Å². The molecule has 2 aromatic carbocycles. The number of tetrazole rings is 1. The number of amides is 1. The maximum atomic E-state index is 12.7. The Labute approximate surface area is 168 Å². The van der Waals surface area contributed by atoms with Crippen LogP contribution in [0.25, 0.3) is 5.69 Å². The van der Waals surface area contributed by atoms with E-state index in [1.165, 1.54) is 17.3 Å². The quantitative estimate of drug-likeness (QED) is 0.639. The Hall–Kier alpha value is -2.87. The van der Waals surface area contributed by atoms with Crippen LogP contribution in [0.3, 0.4) is 0 Å². The Morgan fingerprint density at radius 2 is 1.93 bits per heavy atom. The first-order valence-corrected chi connectivity index (χ1v) is 9.75. The van der Waals surface area contributed by atoms with E-state index >= 15 is 0 Å². The second-order valence-corrected chi connectivity index (χ2v) is 7.90. The Bertz CT molecular complexity index is 1000. The van der Waals surface area contributed by atoms with Gasteiger partial charge in [0.15, 0.2) is 0 Å². The molecule has 0 unspecified atom stereocenters. The van der Waals surface area contributed by atoms with E-state index < -0.39 is 5.25 Å². The molecule has 0 bridgehead atoms. The number of carbonyl (C=O) groups is 1. The monoisotopic (exact) mass is 397 g/mol. The average molecular weight is 398 g/mol. The second kappa shape index (κ2) is 8.43. The molecule has 1 N–H and O–H groups in total. The van der Waals surface area contributed by atoms with Gasteiger partial charge in [-0.3, -0.25) is 4.79 Å². The van der Waals surface area contributed by atoms with Crippen molar-refractivity contribution in [2.45, 2.75) is 38.1 Å². The fraction of sp³-hybridized carbons (Fsp3) is 0.300. The third-order valence-electron chi connectivity index (χ3n) is 4.44. The Morgan fingerprint density at radius 3 is 2.64 bits per heavy atom. The van der Waals surface area contributed by atoms with Crippen LogP contribution in [-0.4, -0.2) is 38.5 Å². The van der Waals surface area contributed by atoms with Crippen molar-refractivity contribution in [1.82, 2.24) is 20.2 Å². The molecule has 0 radical (unpaired) electrons. The summed E-state index contributed by atoms with van der Waals surface area (Å²) < 4.78 is 6.97. The molecule has 3 rings (SSSR count). The lowest BCUT2D eigenvalue weighted by atomic mass is 10.1. The van der Waals surface area contributed by atoms with Crippen LogP contribution in [0.4, 0.5) is 5.69 Å². The highest BCUT2D eigenvalue weighted by atomic mass is 32.2. The van der Waals surface area contributed by atoms with Gasteiger partial charge in [-0.2, -0.15) is 4.68 Å². The fourth-order valence-electron chi connectivity index (χ4n) is 2.64. The van der Waals surface area contributed by atoms with E-state index in [4.69, 9.17) is 4.74 Å². The fourth-order valence-corrected chi connectivity index (χ4v) is 3.44. The van der Waals surface area contributed by atoms with Gasteiger partial charge in [0.1, 0.15) is 5.75 Å². The van der Waals surface area contributed by atoms with E-state index in [2.05, 4.69) is 27.8 Å². The Balaban J connectivity index is 1.76. The highest BCUT2D eigenvalue weighted by molar-refractivity contribution is 8.00. The summed E-state index contributed by atoms with van der Waals surface area (Å²) in [4.78, 5) is 12.7. The number of nitrogens with zero attached hydrogens (tertiary/aromatic N) is 4. The number of aromatic nitrogens is 4. The first-order valence-electron chi connectivity index (χ1n) is 8.87. The van der Waals surface area contributed by atoms with Crippen LogP contribution in [0.1, 0.15) is 23.6 Å². The summed E-state index contributed by atoms with van der Waals surface area (Å²) in [6.07, 6.45) is 0. The Morgan fingerprint density at radius 1 is 1.14 bits per heavy atom. The molecular formula is C20H23N5O2S.